The van der Waals surface area contributed by atoms with Crippen molar-refractivity contribution in [3.8, 4) is 22.7 Å². The van der Waals surface area contributed by atoms with E-state index in [9.17, 15) is 18.0 Å². The van der Waals surface area contributed by atoms with Crippen LogP contribution in [-0.2, 0) is 6.18 Å². The number of carbonyl (C=O) groups excluding carboxylic acids is 1. The molecule has 1 aliphatic heterocycles. The van der Waals surface area contributed by atoms with Crippen LogP contribution in [0, 0.1) is 0 Å². The molecule has 4 heterocycles. The fraction of sp³-hybridized carbons (Fsp3) is 0.182. The van der Waals surface area contributed by atoms with Crippen LogP contribution in [0.15, 0.2) is 59.4 Å². The molecular formula is C22H15ClF3N5O2. The van der Waals surface area contributed by atoms with E-state index in [0.717, 1.165) is 12.1 Å². The molecule has 11 heteroatoms. The lowest BCUT2D eigenvalue weighted by atomic mass is 10.1. The van der Waals surface area contributed by atoms with Crippen molar-refractivity contribution in [2.24, 2.45) is 0 Å². The Morgan fingerprint density at radius 1 is 1.15 bits per heavy atom. The number of carbonyl (C=O) groups is 1. The number of benzene rings is 1. The summed E-state index contributed by atoms with van der Waals surface area (Å²) in [4.78, 5) is 19.0. The van der Waals surface area contributed by atoms with E-state index in [4.69, 9.17) is 16.1 Å². The molecule has 0 saturated carbocycles. The van der Waals surface area contributed by atoms with Crippen molar-refractivity contribution in [2.75, 3.05) is 11.4 Å². The van der Waals surface area contributed by atoms with Gasteiger partial charge in [-0.1, -0.05) is 22.8 Å². The van der Waals surface area contributed by atoms with Crippen molar-refractivity contribution in [3.05, 3.63) is 71.1 Å². The summed E-state index contributed by atoms with van der Waals surface area (Å²) >= 11 is 5.88. The third kappa shape index (κ3) is 3.66. The summed E-state index contributed by atoms with van der Waals surface area (Å²) in [6.07, 6.45) is -1.45. The number of hydrogen-bond acceptors (Lipinski definition) is 5. The largest absolute Gasteiger partial charge is 0.417 e. The monoisotopic (exact) mass is 473 g/mol. The first-order valence-electron chi connectivity index (χ1n) is 9.88. The zero-order chi connectivity index (χ0) is 23.3. The van der Waals surface area contributed by atoms with Crippen LogP contribution < -0.4 is 4.90 Å². The first-order valence-corrected chi connectivity index (χ1v) is 10.3. The third-order valence-corrected chi connectivity index (χ3v) is 5.69. The van der Waals surface area contributed by atoms with Crippen LogP contribution in [0.5, 0.6) is 0 Å². The average Bonchev–Trinajstić information content (AvgIpc) is 3.43. The minimum Gasteiger partial charge on any atom is -0.355 e. The van der Waals surface area contributed by atoms with Crippen LogP contribution in [0.25, 0.3) is 22.7 Å². The van der Waals surface area contributed by atoms with Gasteiger partial charge in [0.05, 0.1) is 34.1 Å². The van der Waals surface area contributed by atoms with Gasteiger partial charge in [-0.2, -0.15) is 18.3 Å². The first-order chi connectivity index (χ1) is 15.7. The van der Waals surface area contributed by atoms with E-state index in [0.29, 0.717) is 22.7 Å². The van der Waals surface area contributed by atoms with Gasteiger partial charge < -0.3 is 9.42 Å². The zero-order valence-electron chi connectivity index (χ0n) is 17.0. The Kier molecular flexibility index (Phi) is 4.97. The number of hydrogen-bond donors (Lipinski definition) is 0. The number of amides is 1. The van der Waals surface area contributed by atoms with Crippen LogP contribution >= 0.6 is 11.6 Å². The highest BCUT2D eigenvalue weighted by Gasteiger charge is 2.37. The number of halogens is 4. The van der Waals surface area contributed by atoms with Crippen molar-refractivity contribution in [1.29, 1.82) is 0 Å². The second-order valence-corrected chi connectivity index (χ2v) is 7.98. The van der Waals surface area contributed by atoms with Gasteiger partial charge in [0, 0.05) is 24.5 Å². The van der Waals surface area contributed by atoms with Gasteiger partial charge >= 0.3 is 6.18 Å². The number of pyridine rings is 1. The van der Waals surface area contributed by atoms with E-state index in [2.05, 4.69) is 15.2 Å². The lowest BCUT2D eigenvalue weighted by Crippen LogP contribution is -2.42. The van der Waals surface area contributed by atoms with Crippen molar-refractivity contribution in [3.63, 3.8) is 0 Å². The summed E-state index contributed by atoms with van der Waals surface area (Å²) in [7, 11) is 0. The fourth-order valence-corrected chi connectivity index (χ4v) is 4.09. The summed E-state index contributed by atoms with van der Waals surface area (Å²) in [5.74, 6) is -0.114. The Bertz CT molecular complexity index is 1350. The van der Waals surface area contributed by atoms with Crippen LogP contribution in [0.1, 0.15) is 29.0 Å². The van der Waals surface area contributed by atoms with Gasteiger partial charge in [0.15, 0.2) is 5.76 Å². The van der Waals surface area contributed by atoms with Crippen LogP contribution in [0.3, 0.4) is 0 Å². The van der Waals surface area contributed by atoms with E-state index in [1.165, 1.54) is 17.2 Å². The number of rotatable bonds is 3. The molecule has 168 valence electrons. The van der Waals surface area contributed by atoms with Crippen LogP contribution in [0.2, 0.25) is 5.02 Å². The standard InChI is InChI=1S/C22H15ClF3N5O2/c1-12-11-30(13-5-6-15(16(23)8-13)22(24,25)26)21(32)20-14(10-28-31(12)20)19-9-18(29-33-19)17-4-2-3-7-27-17/h2-10,12H,11H2,1H3. The number of nitrogens with zero attached hydrogens (tertiary/aromatic N) is 5. The molecule has 0 bridgehead atoms. The van der Waals surface area contributed by atoms with Gasteiger partial charge in [0.1, 0.15) is 11.4 Å². The lowest BCUT2D eigenvalue weighted by molar-refractivity contribution is -0.137. The quantitative estimate of drug-likeness (QED) is 0.393. The predicted molar refractivity (Wildman–Crippen MR) is 114 cm³/mol. The van der Waals surface area contributed by atoms with Gasteiger partial charge in [-0.3, -0.25) is 14.5 Å². The second-order valence-electron chi connectivity index (χ2n) is 7.57. The molecule has 4 aromatic rings. The molecule has 1 amide bonds. The Morgan fingerprint density at radius 3 is 2.67 bits per heavy atom. The van der Waals surface area contributed by atoms with Gasteiger partial charge in [-0.05, 0) is 37.3 Å². The van der Waals surface area contributed by atoms with E-state index in [1.54, 1.807) is 29.1 Å². The Morgan fingerprint density at radius 2 is 1.97 bits per heavy atom. The zero-order valence-corrected chi connectivity index (χ0v) is 17.8. The molecule has 7 nitrogen and oxygen atoms in total. The minimum atomic E-state index is -4.59. The molecule has 0 spiro atoms. The number of alkyl halides is 3. The number of anilines is 1. The normalized spacial score (nSPS) is 16.2. The molecule has 3 aromatic heterocycles. The maximum absolute atomic E-state index is 13.4. The molecule has 0 radical (unpaired) electrons. The Balaban J connectivity index is 1.53. The highest BCUT2D eigenvalue weighted by Crippen LogP contribution is 2.39. The maximum atomic E-state index is 13.4. The molecule has 0 aliphatic carbocycles. The van der Waals surface area contributed by atoms with E-state index in [1.807, 2.05) is 13.0 Å². The molecule has 5 rings (SSSR count). The Hall–Kier alpha value is -3.66. The predicted octanol–water partition coefficient (Wildman–Crippen LogP) is 5.49. The van der Waals surface area contributed by atoms with Gasteiger partial charge in [-0.25, -0.2) is 0 Å². The topological polar surface area (TPSA) is 77.1 Å². The molecule has 0 fully saturated rings. The average molecular weight is 474 g/mol. The molecule has 33 heavy (non-hydrogen) atoms. The highest BCUT2D eigenvalue weighted by atomic mass is 35.5. The summed E-state index contributed by atoms with van der Waals surface area (Å²) in [6, 6.07) is 10.0. The molecule has 1 atom stereocenters. The van der Waals surface area contributed by atoms with Crippen LogP contribution in [-0.4, -0.2) is 32.4 Å². The van der Waals surface area contributed by atoms with Gasteiger partial charge in [-0.15, -0.1) is 0 Å². The summed E-state index contributed by atoms with van der Waals surface area (Å²) in [5.41, 5.74) is 1.06. The third-order valence-electron chi connectivity index (χ3n) is 5.38. The number of aromatic nitrogens is 4. The Labute approximate surface area is 190 Å². The summed E-state index contributed by atoms with van der Waals surface area (Å²) in [6.45, 7) is 2.06. The maximum Gasteiger partial charge on any atom is 0.417 e. The number of fused-ring (bicyclic) bond motifs is 1. The first kappa shape index (κ1) is 21.2. The molecule has 0 saturated heterocycles. The van der Waals surface area contributed by atoms with E-state index < -0.39 is 22.7 Å². The second kappa shape index (κ2) is 7.73. The summed E-state index contributed by atoms with van der Waals surface area (Å²) < 4.78 is 46.3. The molecule has 1 aromatic carbocycles. The van der Waals surface area contributed by atoms with Gasteiger partial charge in [0.2, 0.25) is 0 Å². The van der Waals surface area contributed by atoms with Crippen molar-refractivity contribution >= 4 is 23.2 Å². The van der Waals surface area contributed by atoms with Crippen molar-refractivity contribution in [1.82, 2.24) is 19.9 Å². The van der Waals surface area contributed by atoms with Crippen LogP contribution in [0.4, 0.5) is 18.9 Å². The molecule has 1 unspecified atom stereocenters. The summed E-state index contributed by atoms with van der Waals surface area (Å²) in [5, 5.41) is 7.89. The molecular weight excluding hydrogens is 459 g/mol. The lowest BCUT2D eigenvalue weighted by Gasteiger charge is -2.32. The SMILES string of the molecule is CC1CN(c2ccc(C(F)(F)F)c(Cl)c2)C(=O)c2c(-c3cc(-c4ccccn4)no3)cnn21. The van der Waals surface area contributed by atoms with E-state index in [-0.39, 0.29) is 24.0 Å². The minimum absolute atomic E-state index is 0.213. The van der Waals surface area contributed by atoms with E-state index >= 15 is 0 Å². The van der Waals surface area contributed by atoms with Crippen molar-refractivity contribution < 1.29 is 22.5 Å². The smallest absolute Gasteiger partial charge is 0.355 e. The highest BCUT2D eigenvalue weighted by molar-refractivity contribution is 6.31. The molecule has 1 aliphatic rings. The fourth-order valence-electron chi connectivity index (χ4n) is 3.80. The van der Waals surface area contributed by atoms with Gasteiger partial charge in [0.25, 0.3) is 5.91 Å². The van der Waals surface area contributed by atoms with Crippen molar-refractivity contribution in [2.45, 2.75) is 19.1 Å². The molecule has 0 N–H and O–H groups in total.